The lowest BCUT2D eigenvalue weighted by Gasteiger charge is -2.26. The van der Waals surface area contributed by atoms with Crippen molar-refractivity contribution >= 4 is 17.4 Å². The van der Waals surface area contributed by atoms with E-state index in [0.29, 0.717) is 45.2 Å². The molecule has 0 radical (unpaired) electrons. The minimum absolute atomic E-state index is 0.0374. The molecule has 9 rings (SSSR count). The second kappa shape index (κ2) is 23.2. The number of pyridine rings is 1. The average Bonchev–Trinajstić information content (AvgIpc) is 4.26. The smallest absolute Gasteiger partial charge is 0.417 e. The molecule has 1 aliphatic rings. The van der Waals surface area contributed by atoms with Gasteiger partial charge in [-0.1, -0.05) is 59.8 Å². The third-order valence-corrected chi connectivity index (χ3v) is 12.8. The van der Waals surface area contributed by atoms with Gasteiger partial charge in [0.1, 0.15) is 41.0 Å². The monoisotopic (exact) mass is 1070 g/mol. The first kappa shape index (κ1) is 54.8. The van der Waals surface area contributed by atoms with Crippen molar-refractivity contribution in [2.24, 2.45) is 11.3 Å². The van der Waals surface area contributed by atoms with Gasteiger partial charge in [-0.15, -0.1) is 0 Å². The number of hydrogen-bond acceptors (Lipinski definition) is 10. The van der Waals surface area contributed by atoms with Gasteiger partial charge in [-0.3, -0.25) is 19.7 Å². The SMILES string of the molecule is C[C@@H](Oc1ccc(-c2nc(-c3cc(CCC(=O)C(C)(C)C(F)(F)F)ccc3Cl)[nH]c(=O)n2)cc1)C1CC1.Cc1cccc(COc2cccc(C(F)(F)F)c2-c2nc(-c3ccc(C#Cc4ccccc4)cc3)nc(=O)[nH]2)n1. The van der Waals surface area contributed by atoms with Crippen LogP contribution < -0.4 is 20.9 Å². The molecule has 0 saturated heterocycles. The first-order valence-corrected chi connectivity index (χ1v) is 24.5. The number of Topliss-reactive ketones (excluding diaryl/α,β-unsaturated/α-hetero) is 1. The van der Waals surface area contributed by atoms with Gasteiger partial charge in [0, 0.05) is 39.9 Å². The zero-order chi connectivity index (χ0) is 55.1. The van der Waals surface area contributed by atoms with E-state index in [1.807, 2.05) is 37.3 Å². The van der Waals surface area contributed by atoms with E-state index in [-0.39, 0.29) is 59.6 Å². The highest BCUT2D eigenvalue weighted by Gasteiger charge is 2.52. The molecule has 1 atom stereocenters. The van der Waals surface area contributed by atoms with Gasteiger partial charge in [-0.25, -0.2) is 19.6 Å². The third kappa shape index (κ3) is 14.1. The number of benzene rings is 5. The van der Waals surface area contributed by atoms with E-state index in [0.717, 1.165) is 31.2 Å². The topological polar surface area (TPSA) is 166 Å². The summed E-state index contributed by atoms with van der Waals surface area (Å²) in [4.78, 5) is 63.0. The van der Waals surface area contributed by atoms with Crippen LogP contribution in [0.5, 0.6) is 11.5 Å². The summed E-state index contributed by atoms with van der Waals surface area (Å²) in [7, 11) is 0. The highest BCUT2D eigenvalue weighted by atomic mass is 35.5. The van der Waals surface area contributed by atoms with Gasteiger partial charge in [-0.2, -0.15) is 36.3 Å². The van der Waals surface area contributed by atoms with Gasteiger partial charge >= 0.3 is 23.7 Å². The van der Waals surface area contributed by atoms with E-state index < -0.39 is 46.1 Å². The number of aromatic amines is 2. The maximum absolute atomic E-state index is 14.1. The van der Waals surface area contributed by atoms with Crippen LogP contribution in [0.1, 0.15) is 73.7 Å². The number of alkyl halides is 6. The zero-order valence-corrected chi connectivity index (χ0v) is 42.6. The Kier molecular flexibility index (Phi) is 16.5. The Bertz CT molecular complexity index is 3590. The largest absolute Gasteiger partial charge is 0.490 e. The number of ketones is 1. The van der Waals surface area contributed by atoms with Crippen LogP contribution in [-0.2, 0) is 24.0 Å². The number of H-pyrrole nitrogens is 2. The van der Waals surface area contributed by atoms with E-state index in [4.69, 9.17) is 21.1 Å². The Morgan fingerprint density at radius 1 is 0.714 bits per heavy atom. The molecule has 77 heavy (non-hydrogen) atoms. The number of aromatic nitrogens is 7. The highest BCUT2D eigenvalue weighted by Crippen LogP contribution is 2.42. The van der Waals surface area contributed by atoms with Gasteiger partial charge in [0.2, 0.25) is 0 Å². The molecule has 1 aliphatic carbocycles. The fourth-order valence-corrected chi connectivity index (χ4v) is 8.01. The molecule has 0 unspecified atom stereocenters. The summed E-state index contributed by atoms with van der Waals surface area (Å²) >= 11 is 6.36. The standard InChI is InChI=1S/C31H21F3N4O2.C27H27ClF3N3O3/c1-20-7-5-10-24(35-20)19-40-26-12-6-11-25(31(32,33)34)27(26)29-36-28(37-30(39)38-29)23-17-15-22(16-18-23)14-13-21-8-3-2-4-9-21;1-15(17-6-7-17)37-19-10-8-18(9-11-19)23-32-24(34-25(36)33-23)20-14-16(4-12-21(20)28)5-13-22(35)26(2,3)27(29,30)31/h2-12,15-18H,19H2,1H3,(H,36,37,38,39);4,8-12,14-15,17H,5-7,13H2,1-3H3,(H,32,33,34,36)/t;15-/m.1/s1. The van der Waals surface area contributed by atoms with Crippen molar-refractivity contribution in [1.82, 2.24) is 34.9 Å². The van der Waals surface area contributed by atoms with E-state index in [1.54, 1.807) is 91.9 Å². The molecule has 8 aromatic rings. The van der Waals surface area contributed by atoms with Crippen LogP contribution in [-0.4, -0.2) is 53.0 Å². The Hall–Kier alpha value is -8.43. The molecule has 3 heterocycles. The molecule has 12 nitrogen and oxygen atoms in total. The van der Waals surface area contributed by atoms with Gasteiger partial charge in [0.15, 0.2) is 11.6 Å². The van der Waals surface area contributed by atoms with Crippen LogP contribution in [0, 0.1) is 30.1 Å². The number of nitrogens with zero attached hydrogens (tertiary/aromatic N) is 5. The van der Waals surface area contributed by atoms with Crippen molar-refractivity contribution in [2.45, 2.75) is 78.4 Å². The molecule has 1 fully saturated rings. The lowest BCUT2D eigenvalue weighted by Crippen LogP contribution is -2.39. The normalized spacial score (nSPS) is 12.9. The maximum atomic E-state index is 14.1. The van der Waals surface area contributed by atoms with Crippen LogP contribution in [0.25, 0.3) is 45.6 Å². The first-order chi connectivity index (χ1) is 36.6. The Morgan fingerprint density at radius 3 is 1.92 bits per heavy atom. The van der Waals surface area contributed by atoms with Crippen LogP contribution in [0.15, 0.2) is 143 Å². The second-order valence-electron chi connectivity index (χ2n) is 18.6. The van der Waals surface area contributed by atoms with Crippen LogP contribution in [0.2, 0.25) is 5.02 Å². The van der Waals surface area contributed by atoms with Crippen LogP contribution in [0.3, 0.4) is 0 Å². The number of carbonyl (C=O) groups excluding carboxylic acids is 1. The average molecular weight is 1070 g/mol. The zero-order valence-electron chi connectivity index (χ0n) is 41.8. The molecule has 5 aromatic carbocycles. The number of hydrogen-bond donors (Lipinski definition) is 2. The molecule has 1 saturated carbocycles. The molecule has 3 aromatic heterocycles. The van der Waals surface area contributed by atoms with E-state index in [2.05, 4.69) is 46.7 Å². The van der Waals surface area contributed by atoms with Crippen molar-refractivity contribution in [1.29, 1.82) is 0 Å². The van der Waals surface area contributed by atoms with Crippen molar-refractivity contribution < 1.29 is 40.6 Å². The van der Waals surface area contributed by atoms with E-state index in [1.165, 1.54) is 25.0 Å². The predicted molar refractivity (Wildman–Crippen MR) is 279 cm³/mol. The predicted octanol–water partition coefficient (Wildman–Crippen LogP) is 12.6. The second-order valence-corrected chi connectivity index (χ2v) is 19.0. The van der Waals surface area contributed by atoms with Crippen molar-refractivity contribution in [3.05, 3.63) is 193 Å². The number of carbonyl (C=O) groups is 1. The van der Waals surface area contributed by atoms with Crippen LogP contribution in [0.4, 0.5) is 26.3 Å². The number of rotatable bonds is 14. The number of halogens is 7. The molecule has 0 aliphatic heterocycles. The van der Waals surface area contributed by atoms with E-state index >= 15 is 0 Å². The highest BCUT2D eigenvalue weighted by molar-refractivity contribution is 6.33. The first-order valence-electron chi connectivity index (χ1n) is 24.2. The summed E-state index contributed by atoms with van der Waals surface area (Å²) < 4.78 is 93.5. The van der Waals surface area contributed by atoms with Gasteiger partial charge < -0.3 is 9.47 Å². The number of ether oxygens (including phenoxy) is 2. The van der Waals surface area contributed by atoms with Crippen molar-refractivity contribution in [2.75, 3.05) is 0 Å². The van der Waals surface area contributed by atoms with E-state index in [9.17, 15) is 40.7 Å². The summed E-state index contributed by atoms with van der Waals surface area (Å²) in [6.07, 6.45) is -7.11. The molecule has 2 N–H and O–H groups in total. The molecule has 394 valence electrons. The Balaban J connectivity index is 0.000000204. The van der Waals surface area contributed by atoms with Gasteiger partial charge in [-0.05, 0) is 156 Å². The third-order valence-electron chi connectivity index (χ3n) is 12.5. The summed E-state index contributed by atoms with van der Waals surface area (Å²) in [5.74, 6) is 6.38. The lowest BCUT2D eigenvalue weighted by molar-refractivity contribution is -0.210. The van der Waals surface area contributed by atoms with Gasteiger partial charge in [0.05, 0.1) is 27.9 Å². The minimum atomic E-state index is -4.74. The summed E-state index contributed by atoms with van der Waals surface area (Å²) in [6.45, 7) is 5.52. The Labute approximate surface area is 443 Å². The summed E-state index contributed by atoms with van der Waals surface area (Å²) in [5, 5.41) is 0.281. The molecule has 19 heteroatoms. The molecular formula is C58H48ClF6N7O5. The number of nitrogens with one attached hydrogen (secondary N) is 2. The number of aryl methyl sites for hydroxylation is 2. The Morgan fingerprint density at radius 2 is 1.31 bits per heavy atom. The minimum Gasteiger partial charge on any atom is -0.490 e. The fourth-order valence-electron chi connectivity index (χ4n) is 7.80. The van der Waals surface area contributed by atoms with Crippen LogP contribution >= 0.6 is 11.6 Å². The molecule has 0 spiro atoms. The van der Waals surface area contributed by atoms with Gasteiger partial charge in [0.25, 0.3) is 0 Å². The molecule has 0 amide bonds. The molecule has 0 bridgehead atoms. The summed E-state index contributed by atoms with van der Waals surface area (Å²) in [6, 6.07) is 37.0. The van der Waals surface area contributed by atoms with Crippen molar-refractivity contribution in [3.63, 3.8) is 0 Å². The quantitative estimate of drug-likeness (QED) is 0.0791. The van der Waals surface area contributed by atoms with Crippen molar-refractivity contribution in [3.8, 4) is 68.9 Å². The maximum Gasteiger partial charge on any atom is 0.417 e. The fraction of sp³-hybridized carbons (Fsp3) is 0.241. The lowest BCUT2D eigenvalue weighted by atomic mass is 9.84. The molecular weight excluding hydrogens is 1020 g/mol. The summed E-state index contributed by atoms with van der Waals surface area (Å²) in [5.41, 5.74) is -0.480.